The summed E-state index contributed by atoms with van der Waals surface area (Å²) in [6.07, 6.45) is 9.56. The maximum Gasteiger partial charge on any atom is 0.262 e. The van der Waals surface area contributed by atoms with Crippen molar-refractivity contribution in [1.82, 2.24) is 19.2 Å². The van der Waals surface area contributed by atoms with Gasteiger partial charge < -0.3 is 9.88 Å². The molecule has 2 aromatic rings. The summed E-state index contributed by atoms with van der Waals surface area (Å²) < 4.78 is 29.2. The van der Waals surface area contributed by atoms with Crippen molar-refractivity contribution < 1.29 is 8.42 Å². The van der Waals surface area contributed by atoms with Crippen molar-refractivity contribution in [2.24, 2.45) is 7.05 Å². The van der Waals surface area contributed by atoms with Gasteiger partial charge in [0.15, 0.2) is 5.03 Å². The summed E-state index contributed by atoms with van der Waals surface area (Å²) in [4.78, 5) is 4.05. The summed E-state index contributed by atoms with van der Waals surface area (Å²) in [7, 11) is -1.81. The molecule has 0 bridgehead atoms. The Labute approximate surface area is 162 Å². The van der Waals surface area contributed by atoms with Crippen molar-refractivity contribution in [3.63, 3.8) is 0 Å². The summed E-state index contributed by atoms with van der Waals surface area (Å²) in [6.45, 7) is 3.80. The SMILES string of the molecule is CCCC=CCN[C@H]1CN(S(=O)(=O)c2cn(C)cn2)C[C@@H]1c1ccccc1. The summed E-state index contributed by atoms with van der Waals surface area (Å²) in [5.74, 6) is 0.115. The van der Waals surface area contributed by atoms with Gasteiger partial charge in [-0.3, -0.25) is 0 Å². The van der Waals surface area contributed by atoms with E-state index in [-0.39, 0.29) is 17.0 Å². The minimum Gasteiger partial charge on any atom is -0.339 e. The van der Waals surface area contributed by atoms with Crippen molar-refractivity contribution in [3.05, 3.63) is 60.6 Å². The van der Waals surface area contributed by atoms with Gasteiger partial charge in [0.1, 0.15) is 0 Å². The number of unbranched alkanes of at least 4 members (excludes halogenated alkanes) is 1. The van der Waals surface area contributed by atoms with Crippen molar-refractivity contribution in [1.29, 1.82) is 0 Å². The second kappa shape index (κ2) is 8.82. The average molecular weight is 389 g/mol. The highest BCUT2D eigenvalue weighted by Gasteiger charge is 2.40. The molecule has 7 heteroatoms. The predicted octanol–water partition coefficient (Wildman–Crippen LogP) is 2.52. The predicted molar refractivity (Wildman–Crippen MR) is 107 cm³/mol. The van der Waals surface area contributed by atoms with E-state index in [1.165, 1.54) is 6.33 Å². The second-order valence-corrected chi connectivity index (χ2v) is 8.88. The monoisotopic (exact) mass is 388 g/mol. The fourth-order valence-corrected chi connectivity index (χ4v) is 4.91. The molecule has 1 aromatic carbocycles. The topological polar surface area (TPSA) is 67.2 Å². The van der Waals surface area contributed by atoms with Crippen molar-refractivity contribution in [2.75, 3.05) is 19.6 Å². The molecule has 0 radical (unpaired) electrons. The molecule has 1 aliphatic heterocycles. The zero-order chi connectivity index (χ0) is 19.3. The molecular formula is C20H28N4O2S. The molecule has 1 N–H and O–H groups in total. The first kappa shape index (κ1) is 19.8. The van der Waals surface area contributed by atoms with Crippen LogP contribution in [0, 0.1) is 0 Å². The number of sulfonamides is 1. The fourth-order valence-electron chi connectivity index (χ4n) is 3.45. The Morgan fingerprint density at radius 1 is 1.22 bits per heavy atom. The smallest absolute Gasteiger partial charge is 0.262 e. The molecular weight excluding hydrogens is 360 g/mol. The van der Waals surface area contributed by atoms with Gasteiger partial charge in [-0.2, -0.15) is 4.31 Å². The minimum absolute atomic E-state index is 0.0668. The van der Waals surface area contributed by atoms with Crippen LogP contribution in [0.25, 0.3) is 0 Å². The summed E-state index contributed by atoms with van der Waals surface area (Å²) in [6, 6.07) is 10.2. The maximum absolute atomic E-state index is 13.0. The number of nitrogens with one attached hydrogen (secondary N) is 1. The van der Waals surface area contributed by atoms with Gasteiger partial charge >= 0.3 is 0 Å². The first-order chi connectivity index (χ1) is 13.0. The quantitative estimate of drug-likeness (QED) is 0.706. The Hall–Kier alpha value is -1.96. The van der Waals surface area contributed by atoms with E-state index < -0.39 is 10.0 Å². The highest BCUT2D eigenvalue weighted by atomic mass is 32.2. The Bertz CT molecular complexity index is 861. The van der Waals surface area contributed by atoms with Crippen LogP contribution in [0.4, 0.5) is 0 Å². The van der Waals surface area contributed by atoms with Crippen LogP contribution < -0.4 is 5.32 Å². The van der Waals surface area contributed by atoms with Gasteiger partial charge in [0.25, 0.3) is 10.0 Å². The van der Waals surface area contributed by atoms with Crippen LogP contribution in [0.2, 0.25) is 0 Å². The molecule has 1 aliphatic rings. The number of hydrogen-bond donors (Lipinski definition) is 1. The van der Waals surface area contributed by atoms with Gasteiger partial charge in [-0.15, -0.1) is 0 Å². The van der Waals surface area contributed by atoms with Gasteiger partial charge in [-0.25, -0.2) is 13.4 Å². The average Bonchev–Trinajstić information content (AvgIpc) is 3.29. The van der Waals surface area contributed by atoms with E-state index in [0.717, 1.165) is 24.9 Å². The molecule has 1 saturated heterocycles. The first-order valence-electron chi connectivity index (χ1n) is 9.43. The molecule has 6 nitrogen and oxygen atoms in total. The lowest BCUT2D eigenvalue weighted by Crippen LogP contribution is -2.36. The minimum atomic E-state index is -3.59. The molecule has 2 heterocycles. The molecule has 146 valence electrons. The number of nitrogens with zero attached hydrogens (tertiary/aromatic N) is 3. The standard InChI is InChI=1S/C20H28N4O2S/c1-3-4-5-9-12-21-19-14-24(13-18(19)17-10-7-6-8-11-17)27(25,26)20-15-23(2)16-22-20/h5-11,15-16,18-19,21H,3-4,12-14H2,1-2H3/t18-,19+/m1/s1. The maximum atomic E-state index is 13.0. The van der Waals surface area contributed by atoms with Crippen molar-refractivity contribution in [2.45, 2.75) is 36.8 Å². The lowest BCUT2D eigenvalue weighted by molar-refractivity contribution is 0.459. The third-order valence-electron chi connectivity index (χ3n) is 4.92. The van der Waals surface area contributed by atoms with Crippen LogP contribution in [0.3, 0.4) is 0 Å². The molecule has 2 atom stereocenters. The van der Waals surface area contributed by atoms with E-state index in [1.807, 2.05) is 18.2 Å². The number of benzene rings is 1. The third-order valence-corrected chi connectivity index (χ3v) is 6.64. The Balaban J connectivity index is 1.78. The lowest BCUT2D eigenvalue weighted by Gasteiger charge is -2.19. The van der Waals surface area contributed by atoms with Crippen molar-refractivity contribution >= 4 is 10.0 Å². The third kappa shape index (κ3) is 4.66. The van der Waals surface area contributed by atoms with Crippen LogP contribution in [-0.2, 0) is 17.1 Å². The first-order valence-corrected chi connectivity index (χ1v) is 10.9. The summed E-state index contributed by atoms with van der Waals surface area (Å²) in [5, 5.41) is 3.64. The van der Waals surface area contributed by atoms with E-state index in [2.05, 4.69) is 41.5 Å². The van der Waals surface area contributed by atoms with Gasteiger partial charge in [-0.05, 0) is 12.0 Å². The van der Waals surface area contributed by atoms with Gasteiger partial charge in [0, 0.05) is 44.8 Å². The molecule has 0 amide bonds. The van der Waals surface area contributed by atoms with Gasteiger partial charge in [0.05, 0.1) is 6.33 Å². The number of aromatic nitrogens is 2. The Kier molecular flexibility index (Phi) is 6.46. The number of rotatable bonds is 8. The molecule has 1 aromatic heterocycles. The van der Waals surface area contributed by atoms with E-state index in [0.29, 0.717) is 13.1 Å². The van der Waals surface area contributed by atoms with Crippen LogP contribution in [0.1, 0.15) is 31.2 Å². The van der Waals surface area contributed by atoms with Crippen LogP contribution >= 0.6 is 0 Å². The molecule has 0 spiro atoms. The summed E-state index contributed by atoms with van der Waals surface area (Å²) in [5.41, 5.74) is 1.16. The highest BCUT2D eigenvalue weighted by Crippen LogP contribution is 2.31. The molecule has 27 heavy (non-hydrogen) atoms. The number of aryl methyl sites for hydroxylation is 1. The normalized spacial score (nSPS) is 21.3. The Morgan fingerprint density at radius 2 is 2.00 bits per heavy atom. The summed E-state index contributed by atoms with van der Waals surface area (Å²) >= 11 is 0. The molecule has 0 aliphatic carbocycles. The van der Waals surface area contributed by atoms with Gasteiger partial charge in [0.2, 0.25) is 0 Å². The number of imidazole rings is 1. The van der Waals surface area contributed by atoms with E-state index in [1.54, 1.807) is 22.1 Å². The van der Waals surface area contributed by atoms with Crippen LogP contribution in [-0.4, -0.2) is 48.0 Å². The largest absolute Gasteiger partial charge is 0.339 e. The lowest BCUT2D eigenvalue weighted by atomic mass is 9.94. The number of allylic oxidation sites excluding steroid dienone is 1. The van der Waals surface area contributed by atoms with E-state index in [9.17, 15) is 8.42 Å². The Morgan fingerprint density at radius 3 is 2.67 bits per heavy atom. The van der Waals surface area contributed by atoms with E-state index in [4.69, 9.17) is 0 Å². The van der Waals surface area contributed by atoms with Crippen molar-refractivity contribution in [3.8, 4) is 0 Å². The van der Waals surface area contributed by atoms with Gasteiger partial charge in [-0.1, -0.05) is 55.8 Å². The second-order valence-electron chi connectivity index (χ2n) is 6.99. The van der Waals surface area contributed by atoms with Crippen LogP contribution in [0.15, 0.2) is 60.0 Å². The zero-order valence-corrected chi connectivity index (χ0v) is 16.8. The molecule has 1 fully saturated rings. The zero-order valence-electron chi connectivity index (χ0n) is 16.0. The van der Waals surface area contributed by atoms with Crippen LogP contribution in [0.5, 0.6) is 0 Å². The molecule has 0 saturated carbocycles. The van der Waals surface area contributed by atoms with E-state index >= 15 is 0 Å². The highest BCUT2D eigenvalue weighted by molar-refractivity contribution is 7.89. The number of hydrogen-bond acceptors (Lipinski definition) is 4. The molecule has 3 rings (SSSR count). The molecule has 0 unspecified atom stereocenters. The fraction of sp³-hybridized carbons (Fsp3) is 0.450.